The Bertz CT molecular complexity index is 996. The lowest BCUT2D eigenvalue weighted by Crippen LogP contribution is -2.52. The first-order valence-electron chi connectivity index (χ1n) is 10.1. The fourth-order valence-electron chi connectivity index (χ4n) is 3.92. The summed E-state index contributed by atoms with van der Waals surface area (Å²) in [6, 6.07) is 22.1. The van der Waals surface area contributed by atoms with Crippen LogP contribution in [0.15, 0.2) is 66.7 Å². The number of hydrogen-bond donors (Lipinski definition) is 1. The normalized spacial score (nSPS) is 15.9. The Balaban J connectivity index is 1.37. The molecule has 1 saturated heterocycles. The zero-order valence-corrected chi connectivity index (χ0v) is 17.0. The molecule has 3 aromatic carbocycles. The zero-order chi connectivity index (χ0) is 20.2. The van der Waals surface area contributed by atoms with Gasteiger partial charge in [-0.05, 0) is 42.0 Å². The van der Waals surface area contributed by atoms with E-state index >= 15 is 0 Å². The molecule has 0 saturated carbocycles. The van der Waals surface area contributed by atoms with Gasteiger partial charge in [-0.25, -0.2) is 0 Å². The number of ether oxygens (including phenoxy) is 1. The molecular weight excluding hydrogens is 362 g/mol. The molecule has 3 aromatic rings. The number of methoxy groups -OCH3 is 1. The second-order valence-electron chi connectivity index (χ2n) is 7.42. The summed E-state index contributed by atoms with van der Waals surface area (Å²) in [4.78, 5) is 17.4. The van der Waals surface area contributed by atoms with Crippen LogP contribution in [0.4, 0.5) is 11.4 Å². The van der Waals surface area contributed by atoms with Crippen molar-refractivity contribution in [1.29, 1.82) is 0 Å². The SMILES string of the molecule is COc1ccccc1N1CCN(C(C)C(=O)Nc2ccc3ccccc3c2)CC1. The Hall–Kier alpha value is -3.05. The Kier molecular flexibility index (Phi) is 5.67. The van der Waals surface area contributed by atoms with Crippen LogP contribution < -0.4 is 15.0 Å². The molecule has 1 aliphatic heterocycles. The average molecular weight is 389 g/mol. The monoisotopic (exact) mass is 389 g/mol. The van der Waals surface area contributed by atoms with Crippen LogP contribution in [0, 0.1) is 0 Å². The molecule has 0 radical (unpaired) electrons. The van der Waals surface area contributed by atoms with Crippen LogP contribution in [0.3, 0.4) is 0 Å². The predicted octanol–water partition coefficient (Wildman–Crippen LogP) is 4.00. The first-order chi connectivity index (χ1) is 14.2. The molecule has 1 fully saturated rings. The first kappa shape index (κ1) is 19.3. The zero-order valence-electron chi connectivity index (χ0n) is 17.0. The van der Waals surface area contributed by atoms with Crippen molar-refractivity contribution in [2.24, 2.45) is 0 Å². The van der Waals surface area contributed by atoms with Gasteiger partial charge in [0.05, 0.1) is 18.8 Å². The molecular formula is C24H27N3O2. The van der Waals surface area contributed by atoms with E-state index in [-0.39, 0.29) is 11.9 Å². The summed E-state index contributed by atoms with van der Waals surface area (Å²) < 4.78 is 5.49. The number of anilines is 2. The van der Waals surface area contributed by atoms with Gasteiger partial charge in [-0.2, -0.15) is 0 Å². The van der Waals surface area contributed by atoms with E-state index in [1.54, 1.807) is 7.11 Å². The predicted molar refractivity (Wildman–Crippen MR) is 119 cm³/mol. The number of rotatable bonds is 5. The van der Waals surface area contributed by atoms with E-state index in [1.807, 2.05) is 55.5 Å². The fraction of sp³-hybridized carbons (Fsp3) is 0.292. The lowest BCUT2D eigenvalue weighted by Gasteiger charge is -2.38. The van der Waals surface area contributed by atoms with Crippen molar-refractivity contribution < 1.29 is 9.53 Å². The maximum atomic E-state index is 12.8. The molecule has 0 spiro atoms. The van der Waals surface area contributed by atoms with Crippen molar-refractivity contribution in [3.63, 3.8) is 0 Å². The molecule has 0 aliphatic carbocycles. The molecule has 0 aromatic heterocycles. The van der Waals surface area contributed by atoms with Gasteiger partial charge in [-0.3, -0.25) is 9.69 Å². The lowest BCUT2D eigenvalue weighted by atomic mass is 10.1. The maximum absolute atomic E-state index is 12.8. The Labute approximate surface area is 171 Å². The van der Waals surface area contributed by atoms with Crippen LogP contribution in [-0.2, 0) is 4.79 Å². The maximum Gasteiger partial charge on any atom is 0.241 e. The van der Waals surface area contributed by atoms with E-state index < -0.39 is 0 Å². The van der Waals surface area contributed by atoms with Gasteiger partial charge < -0.3 is 15.0 Å². The summed E-state index contributed by atoms with van der Waals surface area (Å²) in [5.74, 6) is 0.925. The van der Waals surface area contributed by atoms with Gasteiger partial charge in [0.25, 0.3) is 0 Å². The van der Waals surface area contributed by atoms with E-state index in [0.717, 1.165) is 48.7 Å². The van der Waals surface area contributed by atoms with Gasteiger partial charge >= 0.3 is 0 Å². The topological polar surface area (TPSA) is 44.8 Å². The number of benzene rings is 3. The van der Waals surface area contributed by atoms with Gasteiger partial charge in [0, 0.05) is 31.9 Å². The van der Waals surface area contributed by atoms with Crippen molar-refractivity contribution in [2.75, 3.05) is 43.5 Å². The van der Waals surface area contributed by atoms with Crippen molar-refractivity contribution >= 4 is 28.1 Å². The third-order valence-corrected chi connectivity index (χ3v) is 5.68. The molecule has 5 heteroatoms. The van der Waals surface area contributed by atoms with Crippen LogP contribution in [0.5, 0.6) is 5.75 Å². The number of amides is 1. The lowest BCUT2D eigenvalue weighted by molar-refractivity contribution is -0.120. The summed E-state index contributed by atoms with van der Waals surface area (Å²) in [7, 11) is 1.70. The van der Waals surface area contributed by atoms with Gasteiger partial charge in [0.1, 0.15) is 5.75 Å². The number of nitrogens with one attached hydrogen (secondary N) is 1. The second kappa shape index (κ2) is 8.53. The van der Waals surface area contributed by atoms with Crippen LogP contribution in [0.25, 0.3) is 10.8 Å². The van der Waals surface area contributed by atoms with E-state index in [9.17, 15) is 4.79 Å². The van der Waals surface area contributed by atoms with Gasteiger partial charge in [0.15, 0.2) is 0 Å². The molecule has 1 atom stereocenters. The molecule has 4 rings (SSSR count). The number of piperazine rings is 1. The largest absolute Gasteiger partial charge is 0.495 e. The minimum Gasteiger partial charge on any atom is -0.495 e. The van der Waals surface area contributed by atoms with E-state index in [1.165, 1.54) is 5.39 Å². The van der Waals surface area contributed by atoms with Gasteiger partial charge in [-0.15, -0.1) is 0 Å². The Morgan fingerprint density at radius 1 is 0.931 bits per heavy atom. The number of para-hydroxylation sites is 2. The first-order valence-corrected chi connectivity index (χ1v) is 10.1. The molecule has 150 valence electrons. The highest BCUT2D eigenvalue weighted by molar-refractivity contribution is 5.97. The highest BCUT2D eigenvalue weighted by atomic mass is 16.5. The fourth-order valence-corrected chi connectivity index (χ4v) is 3.92. The number of nitrogens with zero attached hydrogens (tertiary/aromatic N) is 2. The van der Waals surface area contributed by atoms with Crippen LogP contribution in [0.1, 0.15) is 6.92 Å². The highest BCUT2D eigenvalue weighted by Crippen LogP contribution is 2.28. The third kappa shape index (κ3) is 4.20. The van der Waals surface area contributed by atoms with Crippen molar-refractivity contribution in [3.8, 4) is 5.75 Å². The van der Waals surface area contributed by atoms with Crippen molar-refractivity contribution in [1.82, 2.24) is 4.90 Å². The molecule has 1 aliphatic rings. The smallest absolute Gasteiger partial charge is 0.241 e. The Morgan fingerprint density at radius 3 is 2.38 bits per heavy atom. The highest BCUT2D eigenvalue weighted by Gasteiger charge is 2.26. The number of hydrogen-bond acceptors (Lipinski definition) is 4. The number of carbonyl (C=O) groups excluding carboxylic acids is 1. The van der Waals surface area contributed by atoms with Crippen molar-refractivity contribution in [3.05, 3.63) is 66.7 Å². The third-order valence-electron chi connectivity index (χ3n) is 5.68. The second-order valence-corrected chi connectivity index (χ2v) is 7.42. The average Bonchev–Trinajstić information content (AvgIpc) is 2.78. The van der Waals surface area contributed by atoms with Crippen molar-refractivity contribution in [2.45, 2.75) is 13.0 Å². The molecule has 1 unspecified atom stereocenters. The van der Waals surface area contributed by atoms with Crippen LogP contribution in [-0.4, -0.2) is 50.1 Å². The number of fused-ring (bicyclic) bond motifs is 1. The van der Waals surface area contributed by atoms with E-state index in [4.69, 9.17) is 4.74 Å². The summed E-state index contributed by atoms with van der Waals surface area (Å²) in [6.45, 7) is 5.39. The van der Waals surface area contributed by atoms with Crippen LogP contribution >= 0.6 is 0 Å². The van der Waals surface area contributed by atoms with Gasteiger partial charge in [-0.1, -0.05) is 42.5 Å². The van der Waals surface area contributed by atoms with Gasteiger partial charge in [0.2, 0.25) is 5.91 Å². The number of carbonyl (C=O) groups is 1. The minimum absolute atomic E-state index is 0.0334. The summed E-state index contributed by atoms with van der Waals surface area (Å²) in [5, 5.41) is 5.38. The summed E-state index contributed by atoms with van der Waals surface area (Å²) >= 11 is 0. The standard InChI is InChI=1S/C24H27N3O2/c1-18(24(28)25-21-12-11-19-7-3-4-8-20(19)17-21)26-13-15-27(16-14-26)22-9-5-6-10-23(22)29-2/h3-12,17-18H,13-16H2,1-2H3,(H,25,28). The minimum atomic E-state index is -0.179. The molecule has 0 bridgehead atoms. The van der Waals surface area contributed by atoms with Crippen LogP contribution in [0.2, 0.25) is 0 Å². The molecule has 1 N–H and O–H groups in total. The Morgan fingerprint density at radius 2 is 1.62 bits per heavy atom. The molecule has 29 heavy (non-hydrogen) atoms. The summed E-state index contributed by atoms with van der Waals surface area (Å²) in [6.07, 6.45) is 0. The quantitative estimate of drug-likeness (QED) is 0.716. The molecule has 5 nitrogen and oxygen atoms in total. The molecule has 1 amide bonds. The summed E-state index contributed by atoms with van der Waals surface area (Å²) in [5.41, 5.74) is 1.95. The molecule has 1 heterocycles. The van der Waals surface area contributed by atoms with E-state index in [0.29, 0.717) is 0 Å². The van der Waals surface area contributed by atoms with E-state index in [2.05, 4.69) is 33.3 Å².